The van der Waals surface area contributed by atoms with Crippen LogP contribution in [0.4, 0.5) is 0 Å². The maximum absolute atomic E-state index is 12.3. The van der Waals surface area contributed by atoms with Crippen LogP contribution in [0.3, 0.4) is 0 Å². The minimum absolute atomic E-state index is 0.0112. The van der Waals surface area contributed by atoms with Gasteiger partial charge in [-0.15, -0.1) is 0 Å². The molecule has 1 amide bonds. The highest BCUT2D eigenvalue weighted by molar-refractivity contribution is 7.13. The Hall–Kier alpha value is -2.80. The molecule has 142 valence electrons. The van der Waals surface area contributed by atoms with Crippen molar-refractivity contribution in [1.82, 2.24) is 9.27 Å². The number of aromatic nitrogens is 1. The van der Waals surface area contributed by atoms with Crippen LogP contribution in [0.1, 0.15) is 18.4 Å². The minimum atomic E-state index is -0.0611. The van der Waals surface area contributed by atoms with Crippen molar-refractivity contribution in [2.75, 3.05) is 14.2 Å². The molecule has 2 aromatic carbocycles. The van der Waals surface area contributed by atoms with Gasteiger partial charge in [-0.2, -0.15) is 0 Å². The number of hydrogen-bond acceptors (Lipinski definition) is 5. The highest BCUT2D eigenvalue weighted by Crippen LogP contribution is 2.30. The first-order valence-electron chi connectivity index (χ1n) is 8.69. The predicted octanol–water partition coefficient (Wildman–Crippen LogP) is 3.18. The number of rotatable bonds is 8. The normalized spacial score (nSPS) is 10.7. The molecule has 1 N–H and O–H groups in total. The summed E-state index contributed by atoms with van der Waals surface area (Å²) in [5.74, 6) is 1.19. The molecule has 3 aromatic rings. The highest BCUT2D eigenvalue weighted by atomic mass is 32.1. The Morgan fingerprint density at radius 2 is 1.93 bits per heavy atom. The molecule has 27 heavy (non-hydrogen) atoms. The summed E-state index contributed by atoms with van der Waals surface area (Å²) in [5.41, 5.74) is 0.864. The van der Waals surface area contributed by atoms with Crippen molar-refractivity contribution in [2.24, 2.45) is 0 Å². The monoisotopic (exact) mass is 386 g/mol. The van der Waals surface area contributed by atoms with E-state index in [2.05, 4.69) is 5.32 Å². The molecule has 0 saturated carbocycles. The van der Waals surface area contributed by atoms with Gasteiger partial charge in [0, 0.05) is 25.1 Å². The lowest BCUT2D eigenvalue weighted by atomic mass is 10.1. The van der Waals surface area contributed by atoms with E-state index in [4.69, 9.17) is 9.47 Å². The van der Waals surface area contributed by atoms with Gasteiger partial charge in [-0.25, -0.2) is 0 Å². The van der Waals surface area contributed by atoms with Crippen LogP contribution in [-0.4, -0.2) is 24.1 Å². The molecule has 0 aliphatic heterocycles. The predicted molar refractivity (Wildman–Crippen MR) is 107 cm³/mol. The molecule has 0 unspecified atom stereocenters. The number of nitrogens with zero attached hydrogens (tertiary/aromatic N) is 1. The largest absolute Gasteiger partial charge is 0.493 e. The van der Waals surface area contributed by atoms with E-state index in [9.17, 15) is 9.59 Å². The number of hydrogen-bond donors (Lipinski definition) is 1. The van der Waals surface area contributed by atoms with Crippen molar-refractivity contribution in [1.29, 1.82) is 0 Å². The number of para-hydroxylation sites is 1. The van der Waals surface area contributed by atoms with E-state index in [1.807, 2.05) is 42.5 Å². The molecule has 1 heterocycles. The van der Waals surface area contributed by atoms with Gasteiger partial charge >= 0.3 is 0 Å². The summed E-state index contributed by atoms with van der Waals surface area (Å²) in [6, 6.07) is 13.1. The van der Waals surface area contributed by atoms with Crippen LogP contribution < -0.4 is 20.3 Å². The van der Waals surface area contributed by atoms with Crippen LogP contribution >= 0.6 is 11.5 Å². The SMILES string of the molecule is COc1cccc(CNC(=O)CCCn2sc3ccccc3c2=O)c1OC. The Morgan fingerprint density at radius 1 is 1.11 bits per heavy atom. The quantitative estimate of drug-likeness (QED) is 0.646. The van der Waals surface area contributed by atoms with Gasteiger partial charge in [0.05, 0.1) is 24.3 Å². The number of aryl methyl sites for hydroxylation is 1. The molecule has 0 aliphatic carbocycles. The summed E-state index contributed by atoms with van der Waals surface area (Å²) >= 11 is 1.44. The first-order valence-corrected chi connectivity index (χ1v) is 9.46. The molecule has 3 rings (SSSR count). The van der Waals surface area contributed by atoms with Gasteiger partial charge in [0.1, 0.15) is 0 Å². The molecule has 0 atom stereocenters. The smallest absolute Gasteiger partial charge is 0.268 e. The van der Waals surface area contributed by atoms with Crippen LogP contribution in [-0.2, 0) is 17.9 Å². The molecule has 6 nitrogen and oxygen atoms in total. The first-order chi connectivity index (χ1) is 13.1. The van der Waals surface area contributed by atoms with E-state index in [0.717, 1.165) is 15.6 Å². The second-order valence-corrected chi connectivity index (χ2v) is 7.09. The molecule has 0 fully saturated rings. The van der Waals surface area contributed by atoms with Gasteiger partial charge in [-0.1, -0.05) is 35.8 Å². The standard InChI is InChI=1S/C20H22N2O4S/c1-25-16-9-5-7-14(19(16)26-2)13-21-18(23)11-6-12-22-20(24)15-8-3-4-10-17(15)27-22/h3-5,7-10H,6,11-13H2,1-2H3,(H,21,23). The Bertz CT molecular complexity index is 993. The van der Waals surface area contributed by atoms with E-state index in [1.165, 1.54) is 11.5 Å². The Kier molecular flexibility index (Phi) is 6.13. The summed E-state index contributed by atoms with van der Waals surface area (Å²) in [6.45, 7) is 0.899. The zero-order chi connectivity index (χ0) is 19.2. The third kappa shape index (κ3) is 4.31. The van der Waals surface area contributed by atoms with Gasteiger partial charge in [-0.05, 0) is 24.6 Å². The van der Waals surface area contributed by atoms with Crippen LogP contribution in [0, 0.1) is 0 Å². The fourth-order valence-electron chi connectivity index (χ4n) is 2.92. The van der Waals surface area contributed by atoms with Crippen molar-refractivity contribution in [3.05, 3.63) is 58.4 Å². The van der Waals surface area contributed by atoms with Gasteiger partial charge < -0.3 is 14.8 Å². The summed E-state index contributed by atoms with van der Waals surface area (Å²) in [7, 11) is 3.15. The summed E-state index contributed by atoms with van der Waals surface area (Å²) in [5, 5.41) is 3.63. The van der Waals surface area contributed by atoms with Crippen LogP contribution in [0.15, 0.2) is 47.3 Å². The second kappa shape index (κ2) is 8.73. The average Bonchev–Trinajstić information content (AvgIpc) is 3.02. The minimum Gasteiger partial charge on any atom is -0.493 e. The highest BCUT2D eigenvalue weighted by Gasteiger charge is 2.11. The number of carbonyl (C=O) groups is 1. The number of fused-ring (bicyclic) bond motifs is 1. The van der Waals surface area contributed by atoms with Crippen molar-refractivity contribution in [2.45, 2.75) is 25.9 Å². The van der Waals surface area contributed by atoms with Gasteiger partial charge in [0.2, 0.25) is 5.91 Å². The Balaban J connectivity index is 1.53. The average molecular weight is 386 g/mol. The molecule has 7 heteroatoms. The van der Waals surface area contributed by atoms with Crippen molar-refractivity contribution in [3.63, 3.8) is 0 Å². The van der Waals surface area contributed by atoms with E-state index >= 15 is 0 Å². The van der Waals surface area contributed by atoms with Gasteiger partial charge in [0.25, 0.3) is 5.56 Å². The first kappa shape index (κ1) is 19.0. The lowest BCUT2D eigenvalue weighted by molar-refractivity contribution is -0.121. The Morgan fingerprint density at radius 3 is 2.67 bits per heavy atom. The van der Waals surface area contributed by atoms with Crippen molar-refractivity contribution in [3.8, 4) is 11.5 Å². The molecule has 0 radical (unpaired) electrons. The van der Waals surface area contributed by atoms with E-state index in [0.29, 0.717) is 37.4 Å². The van der Waals surface area contributed by atoms with Crippen LogP contribution in [0.5, 0.6) is 11.5 Å². The molecule has 1 aromatic heterocycles. The number of nitrogens with one attached hydrogen (secondary N) is 1. The topological polar surface area (TPSA) is 69.6 Å². The van der Waals surface area contributed by atoms with E-state index in [1.54, 1.807) is 18.2 Å². The number of methoxy groups -OCH3 is 2. The van der Waals surface area contributed by atoms with Gasteiger partial charge in [0.15, 0.2) is 11.5 Å². The van der Waals surface area contributed by atoms with Crippen molar-refractivity contribution >= 4 is 27.5 Å². The summed E-state index contributed by atoms with van der Waals surface area (Å²) < 4.78 is 13.3. The second-order valence-electron chi connectivity index (χ2n) is 6.03. The number of amides is 1. The third-order valence-electron chi connectivity index (χ3n) is 4.28. The third-order valence-corrected chi connectivity index (χ3v) is 5.40. The maximum atomic E-state index is 12.3. The lowest BCUT2D eigenvalue weighted by Gasteiger charge is -2.13. The zero-order valence-electron chi connectivity index (χ0n) is 15.4. The number of benzene rings is 2. The molecular weight excluding hydrogens is 364 g/mol. The Labute approximate surface area is 161 Å². The summed E-state index contributed by atoms with van der Waals surface area (Å²) in [4.78, 5) is 24.4. The fraction of sp³-hybridized carbons (Fsp3) is 0.300. The molecule has 0 spiro atoms. The van der Waals surface area contributed by atoms with E-state index < -0.39 is 0 Å². The van der Waals surface area contributed by atoms with Crippen molar-refractivity contribution < 1.29 is 14.3 Å². The number of carbonyl (C=O) groups excluding carboxylic acids is 1. The maximum Gasteiger partial charge on any atom is 0.268 e. The van der Waals surface area contributed by atoms with E-state index in [-0.39, 0.29) is 11.5 Å². The molecular formula is C20H22N2O4S. The van der Waals surface area contributed by atoms with Gasteiger partial charge in [-0.3, -0.25) is 13.5 Å². The lowest BCUT2D eigenvalue weighted by Crippen LogP contribution is -2.23. The molecule has 0 bridgehead atoms. The fourth-order valence-corrected chi connectivity index (χ4v) is 3.96. The molecule has 0 saturated heterocycles. The number of ether oxygens (including phenoxy) is 2. The zero-order valence-corrected chi connectivity index (χ0v) is 16.2. The van der Waals surface area contributed by atoms with Crippen LogP contribution in [0.25, 0.3) is 10.1 Å². The van der Waals surface area contributed by atoms with Crippen LogP contribution in [0.2, 0.25) is 0 Å². The molecule has 0 aliphatic rings. The summed E-state index contributed by atoms with van der Waals surface area (Å²) in [6.07, 6.45) is 0.959.